The zero-order chi connectivity index (χ0) is 20.4. The molecule has 4 heterocycles. The van der Waals surface area contributed by atoms with Crippen molar-refractivity contribution in [3.8, 4) is 0 Å². The number of furan rings is 1. The van der Waals surface area contributed by atoms with Crippen LogP contribution in [-0.2, 0) is 4.74 Å². The van der Waals surface area contributed by atoms with E-state index >= 15 is 0 Å². The molecule has 1 amide bonds. The van der Waals surface area contributed by atoms with Crippen LogP contribution in [0, 0.1) is 0 Å². The standard InChI is InChI=1S/C24H31N3O3/c28-23(22-7-4-17-29-22)27-11-9-24(10-12-27)19-21(8-18-30-24)26-15-13-25(14-16-26)20-5-2-1-3-6-20/h1-7,17,21H,8-16,18-19H2. The average molecular weight is 410 g/mol. The van der Waals surface area contributed by atoms with Gasteiger partial charge in [0.25, 0.3) is 5.91 Å². The summed E-state index contributed by atoms with van der Waals surface area (Å²) >= 11 is 0. The molecule has 1 aromatic heterocycles. The molecular formula is C24H31N3O3. The number of carbonyl (C=O) groups is 1. The number of anilines is 1. The van der Waals surface area contributed by atoms with E-state index in [-0.39, 0.29) is 11.5 Å². The van der Waals surface area contributed by atoms with Crippen molar-refractivity contribution in [2.75, 3.05) is 50.8 Å². The third kappa shape index (κ3) is 3.98. The first-order valence-corrected chi connectivity index (χ1v) is 11.2. The number of amides is 1. The normalized spacial score (nSPS) is 24.9. The van der Waals surface area contributed by atoms with Crippen LogP contribution in [0.15, 0.2) is 53.1 Å². The fraction of sp³-hybridized carbons (Fsp3) is 0.542. The Kier molecular flexibility index (Phi) is 5.52. The Morgan fingerprint density at radius 3 is 2.40 bits per heavy atom. The lowest BCUT2D eigenvalue weighted by atomic mass is 9.81. The van der Waals surface area contributed by atoms with Gasteiger partial charge in [0.15, 0.2) is 5.76 Å². The smallest absolute Gasteiger partial charge is 0.289 e. The van der Waals surface area contributed by atoms with Crippen LogP contribution in [0.1, 0.15) is 36.2 Å². The van der Waals surface area contributed by atoms with Gasteiger partial charge in [0, 0.05) is 57.6 Å². The van der Waals surface area contributed by atoms with Crippen molar-refractivity contribution >= 4 is 11.6 Å². The van der Waals surface area contributed by atoms with E-state index in [9.17, 15) is 4.79 Å². The molecule has 1 unspecified atom stereocenters. The number of carbonyl (C=O) groups excluding carboxylic acids is 1. The second-order valence-electron chi connectivity index (χ2n) is 8.81. The number of para-hydroxylation sites is 1. The molecular weight excluding hydrogens is 378 g/mol. The monoisotopic (exact) mass is 409 g/mol. The molecule has 1 spiro atoms. The summed E-state index contributed by atoms with van der Waals surface area (Å²) in [6, 6.07) is 14.8. The highest BCUT2D eigenvalue weighted by Crippen LogP contribution is 2.37. The zero-order valence-electron chi connectivity index (χ0n) is 17.5. The molecule has 0 N–H and O–H groups in total. The predicted molar refractivity (Wildman–Crippen MR) is 116 cm³/mol. The molecule has 3 fully saturated rings. The zero-order valence-corrected chi connectivity index (χ0v) is 17.5. The van der Waals surface area contributed by atoms with Gasteiger partial charge in [-0.25, -0.2) is 0 Å². The minimum atomic E-state index is -0.0700. The second-order valence-corrected chi connectivity index (χ2v) is 8.81. The van der Waals surface area contributed by atoms with Crippen LogP contribution in [-0.4, -0.2) is 73.2 Å². The first-order chi connectivity index (χ1) is 14.7. The Morgan fingerprint density at radius 1 is 0.933 bits per heavy atom. The molecule has 0 saturated carbocycles. The first kappa shape index (κ1) is 19.6. The molecule has 6 nitrogen and oxygen atoms in total. The summed E-state index contributed by atoms with van der Waals surface area (Å²) in [6.07, 6.45) is 5.59. The van der Waals surface area contributed by atoms with Crippen LogP contribution in [0.5, 0.6) is 0 Å². The number of nitrogens with zero attached hydrogens (tertiary/aromatic N) is 3. The molecule has 0 aliphatic carbocycles. The predicted octanol–water partition coefficient (Wildman–Crippen LogP) is 3.26. The Balaban J connectivity index is 1.15. The van der Waals surface area contributed by atoms with Crippen molar-refractivity contribution in [3.05, 3.63) is 54.5 Å². The van der Waals surface area contributed by atoms with Gasteiger partial charge >= 0.3 is 0 Å². The minimum absolute atomic E-state index is 0.000701. The molecule has 2 aromatic rings. The largest absolute Gasteiger partial charge is 0.459 e. The van der Waals surface area contributed by atoms with E-state index in [1.165, 1.54) is 5.69 Å². The molecule has 6 heteroatoms. The summed E-state index contributed by atoms with van der Waals surface area (Å²) in [6.45, 7) is 6.70. The number of likely N-dealkylation sites (tertiary alicyclic amines) is 1. The Hall–Kier alpha value is -2.31. The number of piperazine rings is 1. The lowest BCUT2D eigenvalue weighted by molar-refractivity contribution is -0.130. The minimum Gasteiger partial charge on any atom is -0.459 e. The molecule has 0 bridgehead atoms. The summed E-state index contributed by atoms with van der Waals surface area (Å²) in [5, 5.41) is 0. The Labute approximate surface area is 178 Å². The van der Waals surface area contributed by atoms with Crippen molar-refractivity contribution in [2.24, 2.45) is 0 Å². The summed E-state index contributed by atoms with van der Waals surface area (Å²) in [7, 11) is 0. The van der Waals surface area contributed by atoms with E-state index in [2.05, 4.69) is 40.1 Å². The van der Waals surface area contributed by atoms with Gasteiger partial charge in [-0.3, -0.25) is 9.69 Å². The molecule has 3 saturated heterocycles. The van der Waals surface area contributed by atoms with Crippen molar-refractivity contribution < 1.29 is 13.9 Å². The van der Waals surface area contributed by atoms with Gasteiger partial charge in [0.1, 0.15) is 0 Å². The van der Waals surface area contributed by atoms with Crippen LogP contribution in [0.3, 0.4) is 0 Å². The quantitative estimate of drug-likeness (QED) is 0.779. The van der Waals surface area contributed by atoms with E-state index in [4.69, 9.17) is 9.15 Å². The lowest BCUT2D eigenvalue weighted by Gasteiger charge is -2.49. The third-order valence-electron chi connectivity index (χ3n) is 7.11. The van der Waals surface area contributed by atoms with Crippen LogP contribution < -0.4 is 4.90 Å². The van der Waals surface area contributed by atoms with E-state index in [1.54, 1.807) is 18.4 Å². The number of ether oxygens (including phenoxy) is 1. The average Bonchev–Trinajstić information content (AvgIpc) is 3.35. The van der Waals surface area contributed by atoms with Gasteiger partial charge in [0.2, 0.25) is 0 Å². The number of piperidine rings is 1. The molecule has 0 radical (unpaired) electrons. The summed E-state index contributed by atoms with van der Waals surface area (Å²) in [5.41, 5.74) is 1.26. The number of hydrogen-bond acceptors (Lipinski definition) is 5. The molecule has 3 aliphatic rings. The maximum atomic E-state index is 12.6. The summed E-state index contributed by atoms with van der Waals surface area (Å²) in [4.78, 5) is 19.6. The van der Waals surface area contributed by atoms with Crippen LogP contribution in [0.25, 0.3) is 0 Å². The van der Waals surface area contributed by atoms with Gasteiger partial charge in [-0.2, -0.15) is 0 Å². The second kappa shape index (κ2) is 8.44. The number of hydrogen-bond donors (Lipinski definition) is 0. The number of rotatable bonds is 3. The Morgan fingerprint density at radius 2 is 1.70 bits per heavy atom. The van der Waals surface area contributed by atoms with Crippen molar-refractivity contribution in [1.82, 2.24) is 9.80 Å². The van der Waals surface area contributed by atoms with Crippen molar-refractivity contribution in [2.45, 2.75) is 37.3 Å². The van der Waals surface area contributed by atoms with Crippen LogP contribution in [0.4, 0.5) is 5.69 Å². The Bertz CT molecular complexity index is 823. The molecule has 5 rings (SSSR count). The molecule has 3 aliphatic heterocycles. The van der Waals surface area contributed by atoms with Crippen LogP contribution in [0.2, 0.25) is 0 Å². The van der Waals surface area contributed by atoms with Gasteiger partial charge in [0.05, 0.1) is 11.9 Å². The maximum Gasteiger partial charge on any atom is 0.289 e. The SMILES string of the molecule is O=C(c1ccco1)N1CCC2(CC1)CC(N1CCN(c3ccccc3)CC1)CCO2. The highest BCUT2D eigenvalue weighted by molar-refractivity contribution is 5.91. The van der Waals surface area contributed by atoms with Crippen LogP contribution >= 0.6 is 0 Å². The molecule has 1 aromatic carbocycles. The van der Waals surface area contributed by atoms with Gasteiger partial charge in [-0.1, -0.05) is 18.2 Å². The van der Waals surface area contributed by atoms with E-state index in [0.29, 0.717) is 11.8 Å². The lowest BCUT2D eigenvalue weighted by Crippen LogP contribution is -2.57. The fourth-order valence-electron chi connectivity index (χ4n) is 5.32. The molecule has 1 atom stereocenters. The van der Waals surface area contributed by atoms with E-state index in [1.807, 2.05) is 4.90 Å². The highest BCUT2D eigenvalue weighted by atomic mass is 16.5. The van der Waals surface area contributed by atoms with Gasteiger partial charge in [-0.05, 0) is 49.9 Å². The highest BCUT2D eigenvalue weighted by Gasteiger charge is 2.43. The molecule has 30 heavy (non-hydrogen) atoms. The van der Waals surface area contributed by atoms with Gasteiger partial charge in [-0.15, -0.1) is 0 Å². The maximum absolute atomic E-state index is 12.6. The summed E-state index contributed by atoms with van der Waals surface area (Å²) in [5.74, 6) is 0.434. The van der Waals surface area contributed by atoms with Gasteiger partial charge < -0.3 is 19.0 Å². The first-order valence-electron chi connectivity index (χ1n) is 11.2. The molecule has 160 valence electrons. The summed E-state index contributed by atoms with van der Waals surface area (Å²) < 4.78 is 11.6. The number of benzene rings is 1. The van der Waals surface area contributed by atoms with E-state index < -0.39 is 0 Å². The van der Waals surface area contributed by atoms with Crippen molar-refractivity contribution in [3.63, 3.8) is 0 Å². The van der Waals surface area contributed by atoms with Crippen molar-refractivity contribution in [1.29, 1.82) is 0 Å². The topological polar surface area (TPSA) is 49.2 Å². The third-order valence-corrected chi connectivity index (χ3v) is 7.11. The van der Waals surface area contributed by atoms with E-state index in [0.717, 1.165) is 71.6 Å². The fourth-order valence-corrected chi connectivity index (χ4v) is 5.32.